The number of benzene rings is 3. The van der Waals surface area contributed by atoms with Crippen LogP contribution in [0.15, 0.2) is 68.5 Å². The quantitative estimate of drug-likeness (QED) is 0.323. The van der Waals surface area contributed by atoms with E-state index in [0.29, 0.717) is 11.6 Å². The maximum Gasteiger partial charge on any atom is 0.142 e. The second kappa shape index (κ2) is 9.05. The minimum Gasteiger partial charge on any atom is -0.487 e. The Morgan fingerprint density at radius 2 is 1.78 bits per heavy atom. The second-order valence-electron chi connectivity index (χ2n) is 6.21. The van der Waals surface area contributed by atoms with E-state index in [1.54, 1.807) is 0 Å². The molecule has 0 aliphatic heterocycles. The predicted octanol–water partition coefficient (Wildman–Crippen LogP) is 7.81. The summed E-state index contributed by atoms with van der Waals surface area (Å²) in [6.07, 6.45) is 1.82. The summed E-state index contributed by atoms with van der Waals surface area (Å²) < 4.78 is 7.88. The summed E-state index contributed by atoms with van der Waals surface area (Å²) in [7, 11) is 0. The van der Waals surface area contributed by atoms with E-state index >= 15 is 0 Å². The highest BCUT2D eigenvalue weighted by atomic mass is 79.9. The summed E-state index contributed by atoms with van der Waals surface area (Å²) in [6, 6.07) is 17.8. The Balaban J connectivity index is 1.89. The molecule has 0 amide bonds. The highest BCUT2D eigenvalue weighted by Gasteiger charge is 2.10. The lowest BCUT2D eigenvalue weighted by Gasteiger charge is -2.13. The van der Waals surface area contributed by atoms with E-state index in [4.69, 9.17) is 16.3 Å². The fraction of sp³-hybridized carbons (Fsp3) is 0.136. The fourth-order valence-corrected chi connectivity index (χ4v) is 4.11. The molecule has 3 aromatic carbocycles. The van der Waals surface area contributed by atoms with Crippen LogP contribution < -0.4 is 4.74 Å². The summed E-state index contributed by atoms with van der Waals surface area (Å²) in [6.45, 7) is 4.56. The largest absolute Gasteiger partial charge is 0.487 e. The third-order valence-electron chi connectivity index (χ3n) is 4.21. The zero-order valence-electron chi connectivity index (χ0n) is 15.0. The number of hydrogen-bond donors (Lipinski definition) is 0. The third-order valence-corrected chi connectivity index (χ3v) is 5.63. The Kier molecular flexibility index (Phi) is 6.74. The average molecular weight is 508 g/mol. The van der Waals surface area contributed by atoms with Gasteiger partial charge < -0.3 is 4.74 Å². The number of ether oxygens (including phenoxy) is 1. The molecular weight excluding hydrogens is 490 g/mol. The highest BCUT2D eigenvalue weighted by molar-refractivity contribution is 9.11. The van der Waals surface area contributed by atoms with Crippen LogP contribution in [-0.2, 0) is 6.61 Å². The van der Waals surface area contributed by atoms with Crippen molar-refractivity contribution < 1.29 is 4.74 Å². The van der Waals surface area contributed by atoms with Gasteiger partial charge in [-0.3, -0.25) is 4.99 Å². The number of halogens is 3. The minimum absolute atomic E-state index is 0.379. The van der Waals surface area contributed by atoms with Crippen molar-refractivity contribution in [3.05, 3.63) is 90.8 Å². The number of nitrogens with zero attached hydrogens (tertiary/aromatic N) is 1. The molecule has 0 radical (unpaired) electrons. The molecule has 2 nitrogen and oxygen atoms in total. The summed E-state index contributed by atoms with van der Waals surface area (Å²) >= 11 is 13.4. The maximum atomic E-state index is 6.24. The van der Waals surface area contributed by atoms with Gasteiger partial charge in [0.05, 0.1) is 10.2 Å². The molecule has 0 aromatic heterocycles. The first-order valence-electron chi connectivity index (χ1n) is 8.40. The van der Waals surface area contributed by atoms with Gasteiger partial charge in [-0.15, -0.1) is 0 Å². The molecule has 0 N–H and O–H groups in total. The number of aliphatic imine (C=N–C) groups is 1. The van der Waals surface area contributed by atoms with E-state index in [2.05, 4.69) is 62.8 Å². The fourth-order valence-electron chi connectivity index (χ4n) is 2.54. The molecule has 3 aromatic rings. The van der Waals surface area contributed by atoms with E-state index in [1.807, 2.05) is 48.7 Å². The number of rotatable bonds is 5. The van der Waals surface area contributed by atoms with Gasteiger partial charge in [0, 0.05) is 26.8 Å². The van der Waals surface area contributed by atoms with Gasteiger partial charge >= 0.3 is 0 Å². The van der Waals surface area contributed by atoms with Crippen LogP contribution in [-0.4, -0.2) is 6.21 Å². The van der Waals surface area contributed by atoms with Crippen LogP contribution in [0.2, 0.25) is 5.02 Å². The van der Waals surface area contributed by atoms with Crippen LogP contribution in [0.4, 0.5) is 5.69 Å². The second-order valence-corrected chi connectivity index (χ2v) is 8.39. The first-order chi connectivity index (χ1) is 12.9. The van der Waals surface area contributed by atoms with Crippen LogP contribution in [0.5, 0.6) is 5.75 Å². The molecule has 0 atom stereocenters. The van der Waals surface area contributed by atoms with Crippen LogP contribution in [0, 0.1) is 13.8 Å². The molecule has 0 saturated heterocycles. The van der Waals surface area contributed by atoms with E-state index in [9.17, 15) is 0 Å². The Bertz CT molecular complexity index is 1000. The summed E-state index contributed by atoms with van der Waals surface area (Å²) in [4.78, 5) is 4.62. The van der Waals surface area contributed by atoms with Crippen molar-refractivity contribution >= 4 is 55.4 Å². The SMILES string of the molecule is Cc1ccc(N=Cc2cc(Br)cc(Br)c2OCc2ccccc2Cl)cc1C. The van der Waals surface area contributed by atoms with E-state index < -0.39 is 0 Å². The lowest BCUT2D eigenvalue weighted by atomic mass is 10.1. The number of hydrogen-bond acceptors (Lipinski definition) is 2. The monoisotopic (exact) mass is 505 g/mol. The molecule has 138 valence electrons. The van der Waals surface area contributed by atoms with E-state index in [1.165, 1.54) is 11.1 Å². The van der Waals surface area contributed by atoms with E-state index in [-0.39, 0.29) is 0 Å². The first-order valence-corrected chi connectivity index (χ1v) is 10.4. The van der Waals surface area contributed by atoms with Crippen molar-refractivity contribution in [2.75, 3.05) is 0 Å². The topological polar surface area (TPSA) is 21.6 Å². The summed E-state index contributed by atoms with van der Waals surface area (Å²) in [5.41, 5.74) is 5.19. The molecule has 0 saturated carbocycles. The molecule has 5 heteroatoms. The number of aryl methyl sites for hydroxylation is 2. The molecule has 27 heavy (non-hydrogen) atoms. The van der Waals surface area contributed by atoms with Gasteiger partial charge in [-0.25, -0.2) is 0 Å². The third kappa shape index (κ3) is 5.22. The maximum absolute atomic E-state index is 6.24. The van der Waals surface area contributed by atoms with Crippen molar-refractivity contribution in [3.63, 3.8) is 0 Å². The Morgan fingerprint density at radius 3 is 2.52 bits per heavy atom. The average Bonchev–Trinajstić information content (AvgIpc) is 2.63. The molecular formula is C22H18Br2ClNO. The summed E-state index contributed by atoms with van der Waals surface area (Å²) in [5.74, 6) is 0.728. The lowest BCUT2D eigenvalue weighted by Crippen LogP contribution is -2.00. The molecule has 0 aliphatic carbocycles. The molecule has 0 fully saturated rings. The van der Waals surface area contributed by atoms with Crippen LogP contribution >= 0.6 is 43.5 Å². The Morgan fingerprint density at radius 1 is 1.00 bits per heavy atom. The zero-order chi connectivity index (χ0) is 19.4. The molecule has 0 unspecified atom stereocenters. The predicted molar refractivity (Wildman–Crippen MR) is 121 cm³/mol. The first kappa shape index (κ1) is 20.1. The Labute approximate surface area is 181 Å². The molecule has 0 bridgehead atoms. The molecule has 0 spiro atoms. The lowest BCUT2D eigenvalue weighted by molar-refractivity contribution is 0.304. The van der Waals surface area contributed by atoms with Crippen molar-refractivity contribution in [3.8, 4) is 5.75 Å². The van der Waals surface area contributed by atoms with Gasteiger partial charge in [0.15, 0.2) is 0 Å². The van der Waals surface area contributed by atoms with Gasteiger partial charge in [-0.05, 0) is 71.2 Å². The van der Waals surface area contributed by atoms with Gasteiger partial charge in [-0.1, -0.05) is 51.8 Å². The molecule has 3 rings (SSSR count). The van der Waals surface area contributed by atoms with Crippen molar-refractivity contribution in [2.24, 2.45) is 4.99 Å². The molecule has 0 aliphatic rings. The van der Waals surface area contributed by atoms with Crippen LogP contribution in [0.3, 0.4) is 0 Å². The van der Waals surface area contributed by atoms with Crippen molar-refractivity contribution in [1.82, 2.24) is 0 Å². The molecule has 0 heterocycles. The summed E-state index contributed by atoms with van der Waals surface area (Å²) in [5, 5.41) is 0.691. The Hall–Kier alpha value is -1.62. The van der Waals surface area contributed by atoms with E-state index in [0.717, 1.165) is 31.5 Å². The van der Waals surface area contributed by atoms with Gasteiger partial charge in [0.25, 0.3) is 0 Å². The van der Waals surface area contributed by atoms with Gasteiger partial charge in [0.2, 0.25) is 0 Å². The normalized spacial score (nSPS) is 11.1. The van der Waals surface area contributed by atoms with Crippen LogP contribution in [0.25, 0.3) is 0 Å². The minimum atomic E-state index is 0.379. The highest BCUT2D eigenvalue weighted by Crippen LogP contribution is 2.33. The van der Waals surface area contributed by atoms with Crippen molar-refractivity contribution in [2.45, 2.75) is 20.5 Å². The van der Waals surface area contributed by atoms with Gasteiger partial charge in [-0.2, -0.15) is 0 Å². The van der Waals surface area contributed by atoms with Gasteiger partial charge in [0.1, 0.15) is 12.4 Å². The standard InChI is InChI=1S/C22H18Br2ClNO/c1-14-7-8-19(9-15(14)2)26-12-17-10-18(23)11-20(24)22(17)27-13-16-5-3-4-6-21(16)25/h3-12H,13H2,1-2H3. The zero-order valence-corrected chi connectivity index (χ0v) is 18.9. The van der Waals surface area contributed by atoms with Crippen LogP contribution in [0.1, 0.15) is 22.3 Å². The smallest absolute Gasteiger partial charge is 0.142 e. The van der Waals surface area contributed by atoms with Crippen molar-refractivity contribution in [1.29, 1.82) is 0 Å².